The molecule has 0 radical (unpaired) electrons. The van der Waals surface area contributed by atoms with Gasteiger partial charge in [0.05, 0.1) is 18.2 Å². The van der Waals surface area contributed by atoms with E-state index in [0.717, 1.165) is 0 Å². The predicted molar refractivity (Wildman–Crippen MR) is 95.0 cm³/mol. The maximum atomic E-state index is 12.5. The number of pyridine rings is 2. The van der Waals surface area contributed by atoms with Crippen LogP contribution in [0.5, 0.6) is 5.88 Å². The zero-order valence-electron chi connectivity index (χ0n) is 14.0. The van der Waals surface area contributed by atoms with E-state index in [1.807, 2.05) is 0 Å². The van der Waals surface area contributed by atoms with Crippen LogP contribution >= 0.6 is 0 Å². The van der Waals surface area contributed by atoms with E-state index in [1.165, 1.54) is 31.5 Å². The molecular weight excluding hydrogens is 338 g/mol. The van der Waals surface area contributed by atoms with Crippen molar-refractivity contribution in [3.05, 3.63) is 63.6 Å². The number of ether oxygens (including phenoxy) is 1. The summed E-state index contributed by atoms with van der Waals surface area (Å²) in [6.45, 7) is 1.72. The number of rotatable bonds is 4. The van der Waals surface area contributed by atoms with E-state index in [2.05, 4.69) is 15.3 Å². The summed E-state index contributed by atoms with van der Waals surface area (Å²) in [5.41, 5.74) is 0.839. The number of methoxy groups -OCH3 is 1. The number of H-pyrrole nitrogens is 1. The van der Waals surface area contributed by atoms with Crippen molar-refractivity contribution in [2.45, 2.75) is 6.92 Å². The van der Waals surface area contributed by atoms with Crippen LogP contribution in [0.25, 0.3) is 10.9 Å². The molecule has 2 heterocycles. The van der Waals surface area contributed by atoms with Crippen LogP contribution in [0.2, 0.25) is 0 Å². The molecule has 0 saturated carbocycles. The van der Waals surface area contributed by atoms with Gasteiger partial charge in [-0.05, 0) is 30.7 Å². The third-order valence-electron chi connectivity index (χ3n) is 3.89. The summed E-state index contributed by atoms with van der Waals surface area (Å²) < 4.78 is 5.00. The number of nitrogens with zero attached hydrogens (tertiary/aromatic N) is 1. The third kappa shape index (κ3) is 3.25. The first kappa shape index (κ1) is 17.2. The van der Waals surface area contributed by atoms with E-state index in [0.29, 0.717) is 28.0 Å². The quantitative estimate of drug-likeness (QED) is 0.661. The normalized spacial score (nSPS) is 10.5. The second kappa shape index (κ2) is 6.67. The molecule has 3 rings (SSSR count). The van der Waals surface area contributed by atoms with Crippen molar-refractivity contribution in [2.75, 3.05) is 12.4 Å². The first-order chi connectivity index (χ1) is 12.4. The van der Waals surface area contributed by atoms with Crippen molar-refractivity contribution in [3.8, 4) is 5.88 Å². The van der Waals surface area contributed by atoms with Gasteiger partial charge in [-0.25, -0.2) is 9.78 Å². The van der Waals surface area contributed by atoms with E-state index in [4.69, 9.17) is 9.84 Å². The lowest BCUT2D eigenvalue weighted by atomic mass is 10.1. The van der Waals surface area contributed by atoms with E-state index in [-0.39, 0.29) is 11.1 Å². The Labute approximate surface area is 147 Å². The lowest BCUT2D eigenvalue weighted by Crippen LogP contribution is -2.23. The Hall–Kier alpha value is -3.68. The number of aromatic carboxylic acids is 1. The molecule has 0 unspecified atom stereocenters. The summed E-state index contributed by atoms with van der Waals surface area (Å²) in [4.78, 5) is 42.5. The van der Waals surface area contributed by atoms with Crippen LogP contribution in [0.3, 0.4) is 0 Å². The average Bonchev–Trinajstić information content (AvgIpc) is 2.62. The molecule has 0 aliphatic heterocycles. The number of hydrogen-bond acceptors (Lipinski definition) is 5. The van der Waals surface area contributed by atoms with Crippen molar-refractivity contribution >= 4 is 28.5 Å². The molecule has 8 heteroatoms. The van der Waals surface area contributed by atoms with Crippen molar-refractivity contribution in [1.82, 2.24) is 9.97 Å². The fourth-order valence-electron chi connectivity index (χ4n) is 2.44. The summed E-state index contributed by atoms with van der Waals surface area (Å²) in [5, 5.41) is 12.2. The van der Waals surface area contributed by atoms with E-state index in [9.17, 15) is 14.4 Å². The van der Waals surface area contributed by atoms with Gasteiger partial charge >= 0.3 is 5.97 Å². The van der Waals surface area contributed by atoms with E-state index in [1.54, 1.807) is 19.1 Å². The number of hydrogen-bond donors (Lipinski definition) is 3. The number of aromatic amines is 1. The smallest absolute Gasteiger partial charge is 0.335 e. The molecule has 0 fully saturated rings. The van der Waals surface area contributed by atoms with Gasteiger partial charge in [-0.1, -0.05) is 6.07 Å². The number of amides is 1. The zero-order valence-corrected chi connectivity index (χ0v) is 14.0. The summed E-state index contributed by atoms with van der Waals surface area (Å²) in [6.07, 6.45) is 1.48. The minimum absolute atomic E-state index is 0.0367. The van der Waals surface area contributed by atoms with E-state index >= 15 is 0 Å². The van der Waals surface area contributed by atoms with Crippen LogP contribution in [0.15, 0.2) is 41.3 Å². The molecule has 8 nitrogen and oxygen atoms in total. The molecule has 0 saturated heterocycles. The average molecular weight is 353 g/mol. The Morgan fingerprint density at radius 2 is 2.00 bits per heavy atom. The fraction of sp³-hybridized carbons (Fsp3) is 0.111. The number of fused-ring (bicyclic) bond motifs is 1. The summed E-state index contributed by atoms with van der Waals surface area (Å²) in [7, 11) is 1.46. The molecule has 0 aliphatic rings. The highest BCUT2D eigenvalue weighted by atomic mass is 16.5. The first-order valence-corrected chi connectivity index (χ1v) is 7.61. The van der Waals surface area contributed by atoms with Gasteiger partial charge in [-0.3, -0.25) is 9.59 Å². The van der Waals surface area contributed by atoms with Gasteiger partial charge in [0, 0.05) is 23.3 Å². The maximum Gasteiger partial charge on any atom is 0.335 e. The highest BCUT2D eigenvalue weighted by Crippen LogP contribution is 2.19. The molecule has 1 aromatic carbocycles. The molecule has 0 aliphatic carbocycles. The SMILES string of the molecule is COc1cc2[nH]c(=O)c(C(=O)Nc3cc(C(=O)O)ccc3C)cc2cn1. The zero-order chi connectivity index (χ0) is 18.8. The molecule has 3 aromatic rings. The van der Waals surface area contributed by atoms with Crippen molar-refractivity contribution < 1.29 is 19.4 Å². The Bertz CT molecular complexity index is 1090. The number of aromatic nitrogens is 2. The van der Waals surface area contributed by atoms with Crippen LogP contribution in [0.4, 0.5) is 5.69 Å². The Morgan fingerprint density at radius 3 is 2.69 bits per heavy atom. The predicted octanol–water partition coefficient (Wildman–Crippen LogP) is 2.19. The minimum Gasteiger partial charge on any atom is -0.481 e. The Balaban J connectivity index is 1.98. The molecule has 3 N–H and O–H groups in total. The first-order valence-electron chi connectivity index (χ1n) is 7.61. The number of carbonyl (C=O) groups excluding carboxylic acids is 1. The van der Waals surface area contributed by atoms with Crippen molar-refractivity contribution in [3.63, 3.8) is 0 Å². The van der Waals surface area contributed by atoms with Gasteiger partial charge in [-0.2, -0.15) is 0 Å². The van der Waals surface area contributed by atoms with Gasteiger partial charge in [0.25, 0.3) is 11.5 Å². The highest BCUT2D eigenvalue weighted by molar-refractivity contribution is 6.06. The second-order valence-electron chi connectivity index (χ2n) is 5.62. The van der Waals surface area contributed by atoms with Gasteiger partial charge in [0.2, 0.25) is 5.88 Å². The number of aryl methyl sites for hydroxylation is 1. The van der Waals surface area contributed by atoms with Crippen molar-refractivity contribution in [2.24, 2.45) is 0 Å². The Kier molecular flexibility index (Phi) is 4.40. The lowest BCUT2D eigenvalue weighted by molar-refractivity contribution is 0.0696. The number of carboxylic acids is 1. The van der Waals surface area contributed by atoms with Gasteiger partial charge in [0.15, 0.2) is 0 Å². The number of anilines is 1. The summed E-state index contributed by atoms with van der Waals surface area (Å²) in [6, 6.07) is 7.34. The van der Waals surface area contributed by atoms with Gasteiger partial charge in [-0.15, -0.1) is 0 Å². The van der Waals surface area contributed by atoms with Crippen LogP contribution in [-0.4, -0.2) is 34.1 Å². The largest absolute Gasteiger partial charge is 0.481 e. The van der Waals surface area contributed by atoms with E-state index < -0.39 is 17.4 Å². The molecule has 26 heavy (non-hydrogen) atoms. The number of carboxylic acid groups (broad SMARTS) is 1. The molecule has 1 amide bonds. The van der Waals surface area contributed by atoms with Crippen LogP contribution in [-0.2, 0) is 0 Å². The van der Waals surface area contributed by atoms with Gasteiger partial charge in [0.1, 0.15) is 5.56 Å². The van der Waals surface area contributed by atoms with Crippen LogP contribution in [0, 0.1) is 6.92 Å². The van der Waals surface area contributed by atoms with Gasteiger partial charge < -0.3 is 20.1 Å². The van der Waals surface area contributed by atoms with Crippen molar-refractivity contribution in [1.29, 1.82) is 0 Å². The molecular formula is C18H15N3O5. The monoisotopic (exact) mass is 353 g/mol. The standard InChI is InChI=1S/C18H15N3O5/c1-9-3-4-10(18(24)25)6-13(9)20-16(22)12-5-11-8-19-15(26-2)7-14(11)21-17(12)23/h3-8H,1-2H3,(H,20,22)(H,21,23)(H,24,25). The topological polar surface area (TPSA) is 121 Å². The number of nitrogens with one attached hydrogen (secondary N) is 2. The lowest BCUT2D eigenvalue weighted by Gasteiger charge is -2.10. The van der Waals surface area contributed by atoms with Crippen LogP contribution < -0.4 is 15.6 Å². The van der Waals surface area contributed by atoms with Crippen LogP contribution in [0.1, 0.15) is 26.3 Å². The highest BCUT2D eigenvalue weighted by Gasteiger charge is 2.15. The molecule has 2 aromatic heterocycles. The Morgan fingerprint density at radius 1 is 1.23 bits per heavy atom. The molecule has 0 atom stereocenters. The molecule has 0 bridgehead atoms. The summed E-state index contributed by atoms with van der Waals surface area (Å²) >= 11 is 0. The molecule has 132 valence electrons. The fourth-order valence-corrected chi connectivity index (χ4v) is 2.44. The number of carbonyl (C=O) groups is 2. The minimum atomic E-state index is -1.11. The maximum absolute atomic E-state index is 12.5. The summed E-state index contributed by atoms with van der Waals surface area (Å²) in [5.74, 6) is -1.41. The number of benzene rings is 1. The molecule has 0 spiro atoms. The second-order valence-corrected chi connectivity index (χ2v) is 5.62. The third-order valence-corrected chi connectivity index (χ3v) is 3.89.